The highest BCUT2D eigenvalue weighted by atomic mass is 79.9. The van der Waals surface area contributed by atoms with Gasteiger partial charge in [-0.25, -0.2) is 0 Å². The van der Waals surface area contributed by atoms with Gasteiger partial charge in [0.2, 0.25) is 5.91 Å². The molecule has 5 heteroatoms. The average Bonchev–Trinajstić information content (AvgIpc) is 2.61. The number of carbonyl (C=O) groups is 2. The van der Waals surface area contributed by atoms with Gasteiger partial charge in [0.05, 0.1) is 0 Å². The third kappa shape index (κ3) is 3.36. The molecule has 96 valence electrons. The van der Waals surface area contributed by atoms with E-state index in [0.717, 1.165) is 10.0 Å². The van der Waals surface area contributed by atoms with Crippen LogP contribution in [0.25, 0.3) is 0 Å². The molecule has 1 fully saturated rings. The molecule has 3 nitrogen and oxygen atoms in total. The van der Waals surface area contributed by atoms with Gasteiger partial charge in [-0.05, 0) is 11.6 Å². The van der Waals surface area contributed by atoms with Crippen molar-refractivity contribution in [3.8, 4) is 0 Å². The van der Waals surface area contributed by atoms with Crippen LogP contribution in [0.4, 0.5) is 0 Å². The van der Waals surface area contributed by atoms with E-state index in [0.29, 0.717) is 19.5 Å². The molecule has 1 aromatic carbocycles. The maximum Gasteiger partial charge on any atom is 0.224 e. The van der Waals surface area contributed by atoms with Gasteiger partial charge in [0, 0.05) is 36.2 Å². The molecule has 1 aliphatic heterocycles. The van der Waals surface area contributed by atoms with Crippen molar-refractivity contribution >= 4 is 38.7 Å². The summed E-state index contributed by atoms with van der Waals surface area (Å²) in [6.07, 6.45) is 0.467. The van der Waals surface area contributed by atoms with Crippen molar-refractivity contribution < 1.29 is 9.59 Å². The molecule has 1 atom stereocenters. The molecule has 1 unspecified atom stereocenters. The van der Waals surface area contributed by atoms with Crippen molar-refractivity contribution in [2.24, 2.45) is 0 Å². The van der Waals surface area contributed by atoms with Crippen LogP contribution in [0.5, 0.6) is 0 Å². The lowest BCUT2D eigenvalue weighted by Crippen LogP contribution is -2.25. The zero-order valence-corrected chi connectivity index (χ0v) is 12.5. The fraction of sp³-hybridized carbons (Fsp3) is 0.385. The summed E-state index contributed by atoms with van der Waals surface area (Å²) in [4.78, 5) is 24.7. The van der Waals surface area contributed by atoms with Gasteiger partial charge in [-0.2, -0.15) is 0 Å². The fourth-order valence-corrected chi connectivity index (χ4v) is 3.39. The highest BCUT2D eigenvalue weighted by Crippen LogP contribution is 2.27. The Morgan fingerprint density at radius 3 is 2.89 bits per heavy atom. The van der Waals surface area contributed by atoms with Crippen LogP contribution in [0.1, 0.15) is 18.9 Å². The summed E-state index contributed by atoms with van der Waals surface area (Å²) in [6.45, 7) is 2.81. The molecule has 1 aliphatic rings. The van der Waals surface area contributed by atoms with Crippen molar-refractivity contribution in [3.05, 3.63) is 34.3 Å². The first-order chi connectivity index (χ1) is 8.56. The van der Waals surface area contributed by atoms with Gasteiger partial charge in [-0.1, -0.05) is 45.9 Å². The topological polar surface area (TPSA) is 37.4 Å². The van der Waals surface area contributed by atoms with E-state index >= 15 is 0 Å². The maximum atomic E-state index is 11.9. The molecular formula is C13H14BrNO2S. The van der Waals surface area contributed by atoms with Gasteiger partial charge < -0.3 is 4.90 Å². The maximum absolute atomic E-state index is 11.9. The average molecular weight is 328 g/mol. The molecule has 2 rings (SSSR count). The number of likely N-dealkylation sites (tertiary alicyclic amines) is 1. The molecule has 0 aliphatic carbocycles. The smallest absolute Gasteiger partial charge is 0.224 e. The molecule has 1 aromatic rings. The number of hydrogen-bond donors (Lipinski definition) is 0. The van der Waals surface area contributed by atoms with E-state index in [9.17, 15) is 9.59 Å². The van der Waals surface area contributed by atoms with Crippen molar-refractivity contribution in [2.75, 3.05) is 6.54 Å². The zero-order valence-electron chi connectivity index (χ0n) is 10.1. The molecule has 0 saturated carbocycles. The number of thioether (sulfide) groups is 1. The molecule has 0 spiro atoms. The Balaban J connectivity index is 2.01. The number of rotatable bonds is 3. The second-order valence-electron chi connectivity index (χ2n) is 4.30. The second kappa shape index (κ2) is 5.89. The van der Waals surface area contributed by atoms with Gasteiger partial charge >= 0.3 is 0 Å². The Morgan fingerprint density at radius 1 is 1.50 bits per heavy atom. The number of hydrogen-bond acceptors (Lipinski definition) is 3. The Hall–Kier alpha value is -0.810. The lowest BCUT2D eigenvalue weighted by atomic mass is 10.2. The minimum absolute atomic E-state index is 0.0792. The van der Waals surface area contributed by atoms with Crippen LogP contribution in [0.3, 0.4) is 0 Å². The van der Waals surface area contributed by atoms with Crippen LogP contribution < -0.4 is 0 Å². The quantitative estimate of drug-likeness (QED) is 0.856. The third-order valence-corrected chi connectivity index (χ3v) is 4.59. The molecule has 1 saturated heterocycles. The minimum atomic E-state index is 0.0792. The first kappa shape index (κ1) is 13.6. The van der Waals surface area contributed by atoms with E-state index in [-0.39, 0.29) is 16.3 Å². The summed E-state index contributed by atoms with van der Waals surface area (Å²) in [5, 5.41) is 0.188. The Labute approximate surface area is 119 Å². The standard InChI is InChI=1S/C13H14BrNO2S/c1-9(16)18-11-6-13(17)15(8-11)7-10-4-2-3-5-12(10)14/h2-5,11H,6-8H2,1H3. The summed E-state index contributed by atoms with van der Waals surface area (Å²) < 4.78 is 1.01. The van der Waals surface area contributed by atoms with Gasteiger partial charge in [-0.3, -0.25) is 9.59 Å². The highest BCUT2D eigenvalue weighted by molar-refractivity contribution is 9.10. The molecule has 0 N–H and O–H groups in total. The van der Waals surface area contributed by atoms with Crippen LogP contribution in [0.2, 0.25) is 0 Å². The Bertz CT molecular complexity index is 478. The number of nitrogens with zero attached hydrogens (tertiary/aromatic N) is 1. The molecule has 1 amide bonds. The van der Waals surface area contributed by atoms with Crippen molar-refractivity contribution in [1.29, 1.82) is 0 Å². The number of carbonyl (C=O) groups excluding carboxylic acids is 2. The number of amides is 1. The van der Waals surface area contributed by atoms with E-state index < -0.39 is 0 Å². The summed E-state index contributed by atoms with van der Waals surface area (Å²) in [5.74, 6) is 0.129. The van der Waals surface area contributed by atoms with E-state index in [1.165, 1.54) is 11.8 Å². The summed E-state index contributed by atoms with van der Waals surface area (Å²) >= 11 is 4.75. The third-order valence-electron chi connectivity index (χ3n) is 2.83. The van der Waals surface area contributed by atoms with Crippen LogP contribution in [-0.2, 0) is 16.1 Å². The SMILES string of the molecule is CC(=O)SC1CC(=O)N(Cc2ccccc2Br)C1. The lowest BCUT2D eigenvalue weighted by Gasteiger charge is -2.17. The second-order valence-corrected chi connectivity index (χ2v) is 6.63. The van der Waals surface area contributed by atoms with E-state index in [1.54, 1.807) is 6.92 Å². The number of halogens is 1. The predicted molar refractivity (Wildman–Crippen MR) is 76.2 cm³/mol. The van der Waals surface area contributed by atoms with E-state index in [2.05, 4.69) is 15.9 Å². The molecule has 18 heavy (non-hydrogen) atoms. The minimum Gasteiger partial charge on any atom is -0.337 e. The molecule has 1 heterocycles. The Kier molecular flexibility index (Phi) is 4.45. The van der Waals surface area contributed by atoms with E-state index in [1.807, 2.05) is 29.2 Å². The zero-order chi connectivity index (χ0) is 13.1. The molecule has 0 aromatic heterocycles. The van der Waals surface area contributed by atoms with Crippen molar-refractivity contribution in [3.63, 3.8) is 0 Å². The van der Waals surface area contributed by atoms with Gasteiger partial charge in [0.25, 0.3) is 0 Å². The molecule has 0 bridgehead atoms. The van der Waals surface area contributed by atoms with Gasteiger partial charge in [0.1, 0.15) is 0 Å². The normalized spacial score (nSPS) is 19.3. The van der Waals surface area contributed by atoms with Crippen LogP contribution in [0, 0.1) is 0 Å². The summed E-state index contributed by atoms with van der Waals surface area (Å²) in [5.41, 5.74) is 1.10. The fourth-order valence-electron chi connectivity index (χ4n) is 2.03. The van der Waals surface area contributed by atoms with Gasteiger partial charge in [-0.15, -0.1) is 0 Å². The predicted octanol–water partition coefficient (Wildman–Crippen LogP) is 2.83. The summed E-state index contributed by atoms with van der Waals surface area (Å²) in [7, 11) is 0. The monoisotopic (exact) mass is 327 g/mol. The van der Waals surface area contributed by atoms with Crippen molar-refractivity contribution in [2.45, 2.75) is 25.1 Å². The first-order valence-electron chi connectivity index (χ1n) is 5.74. The molecule has 0 radical (unpaired) electrons. The summed E-state index contributed by atoms with van der Waals surface area (Å²) in [6, 6.07) is 7.89. The first-order valence-corrected chi connectivity index (χ1v) is 7.42. The lowest BCUT2D eigenvalue weighted by molar-refractivity contribution is -0.128. The highest BCUT2D eigenvalue weighted by Gasteiger charge is 2.30. The van der Waals surface area contributed by atoms with Crippen LogP contribution in [-0.4, -0.2) is 27.7 Å². The largest absolute Gasteiger partial charge is 0.337 e. The molecular weight excluding hydrogens is 314 g/mol. The Morgan fingerprint density at radius 2 is 2.22 bits per heavy atom. The van der Waals surface area contributed by atoms with E-state index in [4.69, 9.17) is 0 Å². The number of benzene rings is 1. The van der Waals surface area contributed by atoms with Crippen molar-refractivity contribution in [1.82, 2.24) is 4.90 Å². The van der Waals surface area contributed by atoms with Crippen LogP contribution >= 0.6 is 27.7 Å². The van der Waals surface area contributed by atoms with Gasteiger partial charge in [0.15, 0.2) is 5.12 Å². The van der Waals surface area contributed by atoms with Crippen LogP contribution in [0.15, 0.2) is 28.7 Å².